The van der Waals surface area contributed by atoms with E-state index in [1.54, 1.807) is 0 Å². The van der Waals surface area contributed by atoms with Crippen LogP contribution in [0.15, 0.2) is 47.5 Å². The standard InChI is InChI=1S/C18H11F2NO4/c1-9-13(6-10-2-5-16(21(24)25)15(20)7-10)18(23)14-8-11(19)3-4-12(14)17(9)22/h2-5,7-8H,6H2,1H3. The summed E-state index contributed by atoms with van der Waals surface area (Å²) in [7, 11) is 0. The number of benzene rings is 2. The average molecular weight is 343 g/mol. The van der Waals surface area contributed by atoms with E-state index < -0.39 is 33.8 Å². The molecule has 3 rings (SSSR count). The molecule has 0 saturated heterocycles. The molecule has 0 aromatic heterocycles. The van der Waals surface area contributed by atoms with Crippen molar-refractivity contribution in [2.45, 2.75) is 13.3 Å². The van der Waals surface area contributed by atoms with E-state index in [1.807, 2.05) is 0 Å². The van der Waals surface area contributed by atoms with Crippen LogP contribution in [0.1, 0.15) is 33.2 Å². The third-order valence-corrected chi connectivity index (χ3v) is 4.13. The van der Waals surface area contributed by atoms with Crippen LogP contribution in [0.4, 0.5) is 14.5 Å². The lowest BCUT2D eigenvalue weighted by molar-refractivity contribution is -0.387. The Kier molecular flexibility index (Phi) is 4.00. The lowest BCUT2D eigenvalue weighted by atomic mass is 9.82. The first-order valence-electron chi connectivity index (χ1n) is 7.31. The number of nitro benzene ring substituents is 1. The molecule has 0 fully saturated rings. The van der Waals surface area contributed by atoms with E-state index >= 15 is 0 Å². The van der Waals surface area contributed by atoms with Crippen LogP contribution in [0, 0.1) is 21.7 Å². The predicted octanol–water partition coefficient (Wildman–Crippen LogP) is 3.81. The molecule has 25 heavy (non-hydrogen) atoms. The zero-order valence-electron chi connectivity index (χ0n) is 13.0. The Bertz CT molecular complexity index is 979. The lowest BCUT2D eigenvalue weighted by Gasteiger charge is -2.19. The van der Waals surface area contributed by atoms with Gasteiger partial charge in [-0.3, -0.25) is 19.7 Å². The molecule has 0 unspecified atom stereocenters. The van der Waals surface area contributed by atoms with Crippen LogP contribution in [-0.4, -0.2) is 16.5 Å². The van der Waals surface area contributed by atoms with Crippen LogP contribution in [0.3, 0.4) is 0 Å². The van der Waals surface area contributed by atoms with Crippen molar-refractivity contribution in [3.05, 3.63) is 86.0 Å². The smallest absolute Gasteiger partial charge is 0.289 e. The summed E-state index contributed by atoms with van der Waals surface area (Å²) in [5.74, 6) is -2.57. The van der Waals surface area contributed by atoms with Gasteiger partial charge in [-0.15, -0.1) is 0 Å². The summed E-state index contributed by atoms with van der Waals surface area (Å²) >= 11 is 0. The van der Waals surface area contributed by atoms with Gasteiger partial charge in [-0.05, 0) is 36.8 Å². The Labute approximate surface area is 140 Å². The maximum Gasteiger partial charge on any atom is 0.304 e. The first kappa shape index (κ1) is 16.6. The van der Waals surface area contributed by atoms with Crippen molar-refractivity contribution >= 4 is 17.3 Å². The predicted molar refractivity (Wildman–Crippen MR) is 84.5 cm³/mol. The molecule has 0 bridgehead atoms. The summed E-state index contributed by atoms with van der Waals surface area (Å²) in [6.07, 6.45) is -0.0821. The molecule has 0 N–H and O–H groups in total. The molecule has 0 radical (unpaired) electrons. The molecule has 2 aromatic rings. The second-order valence-electron chi connectivity index (χ2n) is 5.67. The molecule has 0 aliphatic heterocycles. The summed E-state index contributed by atoms with van der Waals surface area (Å²) in [5, 5.41) is 10.7. The van der Waals surface area contributed by atoms with E-state index in [4.69, 9.17) is 0 Å². The molecular weight excluding hydrogens is 332 g/mol. The highest BCUT2D eigenvalue weighted by atomic mass is 19.1. The monoisotopic (exact) mass is 343 g/mol. The van der Waals surface area contributed by atoms with Gasteiger partial charge in [-0.1, -0.05) is 6.07 Å². The van der Waals surface area contributed by atoms with Crippen molar-refractivity contribution in [3.8, 4) is 0 Å². The summed E-state index contributed by atoms with van der Waals surface area (Å²) in [6, 6.07) is 6.64. The van der Waals surface area contributed by atoms with E-state index in [0.29, 0.717) is 5.56 Å². The van der Waals surface area contributed by atoms with E-state index in [2.05, 4.69) is 0 Å². The van der Waals surface area contributed by atoms with Gasteiger partial charge in [0.15, 0.2) is 11.6 Å². The fraction of sp³-hybridized carbons (Fsp3) is 0.111. The van der Waals surface area contributed by atoms with Gasteiger partial charge < -0.3 is 0 Å². The minimum atomic E-state index is -1.03. The van der Waals surface area contributed by atoms with Crippen LogP contribution >= 0.6 is 0 Å². The Morgan fingerprint density at radius 1 is 1.00 bits per heavy atom. The Balaban J connectivity index is 2.01. The number of fused-ring (bicyclic) bond motifs is 1. The Morgan fingerprint density at radius 2 is 1.72 bits per heavy atom. The van der Waals surface area contributed by atoms with Gasteiger partial charge in [0.1, 0.15) is 5.82 Å². The SMILES string of the molecule is CC1=C(Cc2ccc([N+](=O)[O-])c(F)c2)C(=O)c2cc(F)ccc2C1=O. The number of carbonyl (C=O) groups excluding carboxylic acids is 2. The average Bonchev–Trinajstić information content (AvgIpc) is 2.56. The number of nitrogens with zero attached hydrogens (tertiary/aromatic N) is 1. The van der Waals surface area contributed by atoms with Crippen LogP contribution in [0.5, 0.6) is 0 Å². The first-order chi connectivity index (χ1) is 11.8. The van der Waals surface area contributed by atoms with Gasteiger partial charge in [0.05, 0.1) is 4.92 Å². The van der Waals surface area contributed by atoms with Crippen molar-refractivity contribution in [2.24, 2.45) is 0 Å². The number of nitro groups is 1. The second kappa shape index (κ2) is 6.01. The summed E-state index contributed by atoms with van der Waals surface area (Å²) in [6.45, 7) is 1.48. The maximum atomic E-state index is 13.8. The second-order valence-corrected chi connectivity index (χ2v) is 5.67. The van der Waals surface area contributed by atoms with Crippen LogP contribution < -0.4 is 0 Å². The zero-order chi connectivity index (χ0) is 18.3. The molecular formula is C18H11F2NO4. The molecule has 0 saturated carbocycles. The summed E-state index contributed by atoms with van der Waals surface area (Å²) in [4.78, 5) is 34.8. The first-order valence-corrected chi connectivity index (χ1v) is 7.31. The fourth-order valence-electron chi connectivity index (χ4n) is 2.80. The number of ketones is 2. The van der Waals surface area contributed by atoms with Gasteiger partial charge in [-0.2, -0.15) is 4.39 Å². The van der Waals surface area contributed by atoms with Gasteiger partial charge >= 0.3 is 5.69 Å². The van der Waals surface area contributed by atoms with Crippen LogP contribution in [0.2, 0.25) is 0 Å². The van der Waals surface area contributed by atoms with Crippen molar-refractivity contribution in [1.29, 1.82) is 0 Å². The Hall–Kier alpha value is -3.22. The molecule has 126 valence electrons. The molecule has 0 heterocycles. The minimum Gasteiger partial charge on any atom is -0.289 e. The number of hydrogen-bond acceptors (Lipinski definition) is 4. The highest BCUT2D eigenvalue weighted by molar-refractivity contribution is 6.26. The molecule has 7 heteroatoms. The maximum absolute atomic E-state index is 13.8. The number of allylic oxidation sites excluding steroid dienone is 2. The number of Topliss-reactive ketones (excluding diaryl/α,β-unsaturated/α-hetero) is 2. The van der Waals surface area contributed by atoms with Crippen molar-refractivity contribution in [3.63, 3.8) is 0 Å². The lowest BCUT2D eigenvalue weighted by Crippen LogP contribution is -2.22. The molecule has 5 nitrogen and oxygen atoms in total. The normalized spacial score (nSPS) is 13.9. The highest BCUT2D eigenvalue weighted by Gasteiger charge is 2.30. The van der Waals surface area contributed by atoms with Crippen molar-refractivity contribution in [1.82, 2.24) is 0 Å². The van der Waals surface area contributed by atoms with E-state index in [9.17, 15) is 28.5 Å². The molecule has 1 aliphatic rings. The van der Waals surface area contributed by atoms with Crippen LogP contribution in [0.25, 0.3) is 0 Å². The van der Waals surface area contributed by atoms with E-state index in [-0.39, 0.29) is 28.7 Å². The number of halogens is 2. The largest absolute Gasteiger partial charge is 0.304 e. The summed E-state index contributed by atoms with van der Waals surface area (Å²) < 4.78 is 27.2. The number of rotatable bonds is 3. The van der Waals surface area contributed by atoms with Gasteiger partial charge in [-0.25, -0.2) is 4.39 Å². The third kappa shape index (κ3) is 2.84. The van der Waals surface area contributed by atoms with E-state index in [1.165, 1.54) is 19.1 Å². The number of hydrogen-bond donors (Lipinski definition) is 0. The molecule has 1 aliphatic carbocycles. The van der Waals surface area contributed by atoms with Gasteiger partial charge in [0.25, 0.3) is 0 Å². The van der Waals surface area contributed by atoms with Crippen molar-refractivity contribution < 1.29 is 23.3 Å². The number of carbonyl (C=O) groups is 2. The quantitative estimate of drug-likeness (QED) is 0.627. The summed E-state index contributed by atoms with van der Waals surface area (Å²) in [5.41, 5.74) is 0.0427. The molecule has 2 aromatic carbocycles. The molecule has 0 amide bonds. The van der Waals surface area contributed by atoms with Crippen molar-refractivity contribution in [2.75, 3.05) is 0 Å². The third-order valence-electron chi connectivity index (χ3n) is 4.13. The topological polar surface area (TPSA) is 77.3 Å². The minimum absolute atomic E-state index is 0.0343. The van der Waals surface area contributed by atoms with E-state index in [0.717, 1.165) is 24.3 Å². The van der Waals surface area contributed by atoms with Gasteiger partial charge in [0.2, 0.25) is 5.82 Å². The Morgan fingerprint density at radius 3 is 2.36 bits per heavy atom. The highest BCUT2D eigenvalue weighted by Crippen LogP contribution is 2.29. The van der Waals surface area contributed by atoms with Crippen LogP contribution in [-0.2, 0) is 6.42 Å². The fourth-order valence-corrected chi connectivity index (χ4v) is 2.80. The van der Waals surface area contributed by atoms with Gasteiger partial charge in [0, 0.05) is 34.8 Å². The zero-order valence-corrected chi connectivity index (χ0v) is 13.0. The molecule has 0 atom stereocenters. The molecule has 0 spiro atoms.